The predicted octanol–water partition coefficient (Wildman–Crippen LogP) is 6.90. The summed E-state index contributed by atoms with van der Waals surface area (Å²) in [6, 6.07) is 5.33. The Morgan fingerprint density at radius 3 is 2.32 bits per heavy atom. The molecule has 2 saturated carbocycles. The number of nitrogens with one attached hydrogen (secondary N) is 2. The Morgan fingerprint density at radius 2 is 1.71 bits per heavy atom. The predicted molar refractivity (Wildman–Crippen MR) is 112 cm³/mol. The molecule has 4 nitrogen and oxygen atoms in total. The first kappa shape index (κ1) is 21.3. The summed E-state index contributed by atoms with van der Waals surface area (Å²) in [5.74, 6) is 0.111. The normalized spacial score (nSPS) is 19.9. The van der Waals surface area contributed by atoms with Crippen molar-refractivity contribution >= 4 is 43.1 Å². The largest absolute Gasteiger partial charge is 0.349 e. The Balaban J connectivity index is 0.000000391. The zero-order chi connectivity index (χ0) is 19.9. The van der Waals surface area contributed by atoms with Crippen LogP contribution < -0.4 is 10.6 Å². The van der Waals surface area contributed by atoms with Crippen molar-refractivity contribution in [2.24, 2.45) is 5.92 Å². The number of rotatable bonds is 4. The molecule has 152 valence electrons. The molecule has 1 aliphatic heterocycles. The molecule has 2 fully saturated rings. The Bertz CT molecular complexity index is 740. The fraction of sp³-hybridized carbons (Fsp3) is 0.500. The minimum atomic E-state index is -3.60. The molecule has 0 spiro atoms. The van der Waals surface area contributed by atoms with Crippen LogP contribution in [0.5, 0.6) is 0 Å². The van der Waals surface area contributed by atoms with Gasteiger partial charge in [-0.2, -0.15) is 8.39 Å². The van der Waals surface area contributed by atoms with Crippen molar-refractivity contribution < 1.29 is 18.0 Å². The van der Waals surface area contributed by atoms with Crippen LogP contribution in [0.2, 0.25) is 0 Å². The molecule has 0 radical (unpaired) electrons. The first-order chi connectivity index (χ1) is 13.5. The van der Waals surface area contributed by atoms with Gasteiger partial charge in [-0.25, -0.2) is 0 Å². The number of thioether (sulfide) groups is 1. The van der Waals surface area contributed by atoms with Gasteiger partial charge in [0.25, 0.3) is 0 Å². The standard InChI is InChI=1S/C15H15F2N2O2PS.C5H10/c16-22(17)14(20)8-13-19-11-6-5-10(7-12(11)23-13)18-15(21)9-3-1-2-4-9;1-2-4-5-3-1/h5-9,19H,1-4H2,(H,18,21);1-5H2/b13-8+;. The van der Waals surface area contributed by atoms with Gasteiger partial charge in [0, 0.05) is 22.6 Å². The van der Waals surface area contributed by atoms with Crippen molar-refractivity contribution in [3.05, 3.63) is 29.3 Å². The highest BCUT2D eigenvalue weighted by molar-refractivity contribution is 8.03. The molecule has 1 amide bonds. The topological polar surface area (TPSA) is 58.2 Å². The summed E-state index contributed by atoms with van der Waals surface area (Å²) in [6.07, 6.45) is 12.5. The average Bonchev–Trinajstić information content (AvgIpc) is 3.43. The number of fused-ring (bicyclic) bond motifs is 1. The van der Waals surface area contributed by atoms with Gasteiger partial charge in [0.1, 0.15) is 0 Å². The van der Waals surface area contributed by atoms with Gasteiger partial charge in [-0.1, -0.05) is 56.7 Å². The highest BCUT2D eigenvalue weighted by atomic mass is 32.2. The number of hydrogen-bond donors (Lipinski definition) is 2. The highest BCUT2D eigenvalue weighted by Crippen LogP contribution is 2.45. The smallest absolute Gasteiger partial charge is 0.338 e. The Hall–Kier alpha value is -1.46. The van der Waals surface area contributed by atoms with E-state index in [1.165, 1.54) is 43.9 Å². The third-order valence-corrected chi connectivity index (χ3v) is 6.58. The fourth-order valence-corrected chi connectivity index (χ4v) is 4.90. The molecule has 28 heavy (non-hydrogen) atoms. The average molecular weight is 426 g/mol. The Morgan fingerprint density at radius 1 is 1.07 bits per heavy atom. The third kappa shape index (κ3) is 6.02. The van der Waals surface area contributed by atoms with Gasteiger partial charge in [0.15, 0.2) is 0 Å². The maximum absolute atomic E-state index is 12.4. The van der Waals surface area contributed by atoms with Crippen LogP contribution in [0.3, 0.4) is 0 Å². The Labute approximate surface area is 169 Å². The lowest BCUT2D eigenvalue weighted by atomic mass is 10.1. The van der Waals surface area contributed by atoms with E-state index in [9.17, 15) is 18.0 Å². The molecule has 2 aliphatic carbocycles. The number of anilines is 2. The SMILES string of the molecule is C1CCCC1.O=C(Nc1ccc2c(c1)S/C(=C/C(=O)P(F)F)N2)C1CCCC1. The lowest BCUT2D eigenvalue weighted by Crippen LogP contribution is -2.20. The first-order valence-electron chi connectivity index (χ1n) is 9.80. The van der Waals surface area contributed by atoms with E-state index in [1.54, 1.807) is 18.2 Å². The van der Waals surface area contributed by atoms with Gasteiger partial charge < -0.3 is 10.6 Å². The van der Waals surface area contributed by atoms with E-state index in [2.05, 4.69) is 10.6 Å². The fourth-order valence-electron chi connectivity index (χ4n) is 3.61. The Kier molecular flexibility index (Phi) is 7.86. The number of halogens is 2. The maximum Gasteiger partial charge on any atom is 0.338 e. The van der Waals surface area contributed by atoms with Crippen LogP contribution in [0.1, 0.15) is 57.8 Å². The van der Waals surface area contributed by atoms with E-state index in [0.29, 0.717) is 10.7 Å². The van der Waals surface area contributed by atoms with Crippen molar-refractivity contribution in [1.82, 2.24) is 0 Å². The molecule has 0 bridgehead atoms. The second kappa shape index (κ2) is 10.4. The molecular weight excluding hydrogens is 401 g/mol. The quantitative estimate of drug-likeness (QED) is 0.406. The summed E-state index contributed by atoms with van der Waals surface area (Å²) < 4.78 is 24.7. The molecule has 8 heteroatoms. The van der Waals surface area contributed by atoms with Crippen LogP contribution in [0.4, 0.5) is 19.8 Å². The molecule has 1 aromatic rings. The van der Waals surface area contributed by atoms with E-state index < -0.39 is 14.1 Å². The van der Waals surface area contributed by atoms with Crippen molar-refractivity contribution in [3.63, 3.8) is 0 Å². The zero-order valence-corrected chi connectivity index (χ0v) is 17.4. The van der Waals surface area contributed by atoms with Crippen LogP contribution in [-0.4, -0.2) is 11.4 Å². The highest BCUT2D eigenvalue weighted by Gasteiger charge is 2.24. The third-order valence-electron chi connectivity index (χ3n) is 5.12. The van der Waals surface area contributed by atoms with E-state index in [1.807, 2.05) is 0 Å². The number of benzene rings is 1. The number of hydrogen-bond acceptors (Lipinski definition) is 4. The summed E-state index contributed by atoms with van der Waals surface area (Å²) in [5, 5.41) is 6.21. The maximum atomic E-state index is 12.4. The molecule has 3 aliphatic rings. The van der Waals surface area contributed by atoms with Crippen LogP contribution >= 0.6 is 20.3 Å². The molecule has 0 saturated heterocycles. The molecule has 2 N–H and O–H groups in total. The van der Waals surface area contributed by atoms with Gasteiger partial charge in [-0.05, 0) is 31.0 Å². The van der Waals surface area contributed by atoms with Gasteiger partial charge >= 0.3 is 8.54 Å². The lowest BCUT2D eigenvalue weighted by molar-refractivity contribution is -0.119. The van der Waals surface area contributed by atoms with Crippen molar-refractivity contribution in [1.29, 1.82) is 0 Å². The monoisotopic (exact) mass is 426 g/mol. The van der Waals surface area contributed by atoms with E-state index in [0.717, 1.165) is 42.3 Å². The van der Waals surface area contributed by atoms with Crippen LogP contribution in [0, 0.1) is 5.92 Å². The van der Waals surface area contributed by atoms with Gasteiger partial charge in [0.2, 0.25) is 11.4 Å². The zero-order valence-electron chi connectivity index (χ0n) is 15.7. The first-order valence-corrected chi connectivity index (χ1v) is 11.7. The molecular formula is C20H25F2N2O2PS. The minimum absolute atomic E-state index is 0.0323. The number of allylic oxidation sites excluding steroid dienone is 1. The van der Waals surface area contributed by atoms with E-state index in [4.69, 9.17) is 0 Å². The molecule has 1 aromatic carbocycles. The molecule has 1 heterocycles. The number of carbonyl (C=O) groups excluding carboxylic acids is 2. The van der Waals surface area contributed by atoms with Crippen molar-refractivity contribution in [2.45, 2.75) is 62.7 Å². The van der Waals surface area contributed by atoms with Crippen LogP contribution in [0.25, 0.3) is 0 Å². The van der Waals surface area contributed by atoms with Crippen molar-refractivity contribution in [2.75, 3.05) is 10.6 Å². The lowest BCUT2D eigenvalue weighted by Gasteiger charge is -2.11. The molecule has 0 unspecified atom stereocenters. The number of carbonyl (C=O) groups is 2. The van der Waals surface area contributed by atoms with E-state index >= 15 is 0 Å². The van der Waals surface area contributed by atoms with Crippen molar-refractivity contribution in [3.8, 4) is 0 Å². The minimum Gasteiger partial charge on any atom is -0.349 e. The summed E-state index contributed by atoms with van der Waals surface area (Å²) >= 11 is 1.21. The summed E-state index contributed by atoms with van der Waals surface area (Å²) in [5.41, 5.74) is 0.272. The second-order valence-corrected chi connectivity index (χ2v) is 9.25. The number of amides is 1. The molecule has 0 aromatic heterocycles. The molecule has 0 atom stereocenters. The van der Waals surface area contributed by atoms with Gasteiger partial charge in [-0.3, -0.25) is 9.59 Å². The second-order valence-electron chi connectivity index (χ2n) is 7.26. The summed E-state index contributed by atoms with van der Waals surface area (Å²) in [7, 11) is -3.60. The van der Waals surface area contributed by atoms with Crippen LogP contribution in [-0.2, 0) is 9.59 Å². The molecule has 4 rings (SSSR count). The van der Waals surface area contributed by atoms with E-state index in [-0.39, 0.29) is 11.8 Å². The summed E-state index contributed by atoms with van der Waals surface area (Å²) in [6.45, 7) is 0. The van der Waals surface area contributed by atoms with Crippen LogP contribution in [0.15, 0.2) is 34.2 Å². The van der Waals surface area contributed by atoms with Gasteiger partial charge in [0.05, 0.1) is 10.7 Å². The van der Waals surface area contributed by atoms with Gasteiger partial charge in [-0.15, -0.1) is 0 Å². The summed E-state index contributed by atoms with van der Waals surface area (Å²) in [4.78, 5) is 24.0.